The van der Waals surface area contributed by atoms with E-state index in [0.29, 0.717) is 17.9 Å². The summed E-state index contributed by atoms with van der Waals surface area (Å²) in [6.07, 6.45) is 0. The average molecular weight is 329 g/mol. The molecule has 0 atom stereocenters. The number of nitrogens with one attached hydrogen (secondary N) is 1. The largest absolute Gasteiger partial charge is 0.494 e. The summed E-state index contributed by atoms with van der Waals surface area (Å²) in [5.74, 6) is -0.552. The van der Waals surface area contributed by atoms with Gasteiger partial charge in [-0.2, -0.15) is 0 Å². The molecule has 2 rings (SSSR count). The summed E-state index contributed by atoms with van der Waals surface area (Å²) in [5, 5.41) is 11.9. The van der Waals surface area contributed by atoms with Crippen LogP contribution in [0, 0.1) is 6.92 Å². The maximum absolute atomic E-state index is 12.0. The predicted octanol–water partition coefficient (Wildman–Crippen LogP) is 3.11. The molecule has 0 aliphatic heterocycles. The number of carbonyl (C=O) groups excluding carboxylic acids is 1. The zero-order chi connectivity index (χ0) is 17.5. The van der Waals surface area contributed by atoms with Crippen molar-refractivity contribution in [2.24, 2.45) is 0 Å². The smallest absolute Gasteiger partial charge is 0.339 e. The third kappa shape index (κ3) is 4.49. The maximum atomic E-state index is 12.0. The van der Waals surface area contributed by atoms with E-state index in [1.165, 1.54) is 6.07 Å². The Hall–Kier alpha value is -3.02. The van der Waals surface area contributed by atoms with E-state index in [1.807, 2.05) is 6.92 Å². The van der Waals surface area contributed by atoms with E-state index in [9.17, 15) is 9.59 Å². The Balaban J connectivity index is 1.97. The number of carbonyl (C=O) groups is 2. The van der Waals surface area contributed by atoms with Gasteiger partial charge in [-0.3, -0.25) is 4.79 Å². The maximum Gasteiger partial charge on any atom is 0.339 e. The van der Waals surface area contributed by atoms with Gasteiger partial charge >= 0.3 is 5.97 Å². The first-order valence-corrected chi connectivity index (χ1v) is 7.49. The molecule has 0 aliphatic carbocycles. The van der Waals surface area contributed by atoms with Gasteiger partial charge in [-0.1, -0.05) is 12.1 Å². The summed E-state index contributed by atoms with van der Waals surface area (Å²) in [5.41, 5.74) is 1.29. The van der Waals surface area contributed by atoms with E-state index in [1.54, 1.807) is 43.3 Å². The summed E-state index contributed by atoms with van der Waals surface area (Å²) in [4.78, 5) is 23.2. The van der Waals surface area contributed by atoms with Crippen LogP contribution in [0.15, 0.2) is 42.5 Å². The van der Waals surface area contributed by atoms with E-state index in [-0.39, 0.29) is 23.8 Å². The molecule has 0 radical (unpaired) electrons. The van der Waals surface area contributed by atoms with Crippen molar-refractivity contribution in [3.05, 3.63) is 53.6 Å². The Morgan fingerprint density at radius 1 is 1.08 bits per heavy atom. The second kappa shape index (κ2) is 8.01. The fraction of sp³-hybridized carbons (Fsp3) is 0.222. The second-order valence-corrected chi connectivity index (χ2v) is 5.05. The van der Waals surface area contributed by atoms with Gasteiger partial charge in [0, 0.05) is 5.69 Å². The number of amides is 1. The van der Waals surface area contributed by atoms with E-state index in [2.05, 4.69) is 5.32 Å². The van der Waals surface area contributed by atoms with E-state index < -0.39 is 5.97 Å². The number of aromatic carboxylic acids is 1. The Morgan fingerprint density at radius 3 is 2.42 bits per heavy atom. The van der Waals surface area contributed by atoms with Crippen LogP contribution in [0.2, 0.25) is 0 Å². The van der Waals surface area contributed by atoms with Crippen LogP contribution < -0.4 is 14.8 Å². The lowest BCUT2D eigenvalue weighted by atomic mass is 10.1. The number of hydrogen-bond donors (Lipinski definition) is 2. The number of para-hydroxylation sites is 1. The quantitative estimate of drug-likeness (QED) is 0.815. The molecule has 0 heterocycles. The highest BCUT2D eigenvalue weighted by atomic mass is 16.5. The number of carboxylic acid groups (broad SMARTS) is 1. The van der Waals surface area contributed by atoms with Gasteiger partial charge in [-0.05, 0) is 49.7 Å². The zero-order valence-corrected chi connectivity index (χ0v) is 13.5. The molecule has 1 amide bonds. The zero-order valence-electron chi connectivity index (χ0n) is 13.5. The molecule has 0 saturated heterocycles. The van der Waals surface area contributed by atoms with Crippen molar-refractivity contribution < 1.29 is 24.2 Å². The highest BCUT2D eigenvalue weighted by Crippen LogP contribution is 2.23. The van der Waals surface area contributed by atoms with Gasteiger partial charge < -0.3 is 19.9 Å². The molecule has 2 aromatic carbocycles. The van der Waals surface area contributed by atoms with Gasteiger partial charge in [0.1, 0.15) is 17.1 Å². The molecule has 2 aromatic rings. The molecule has 0 saturated carbocycles. The molecule has 0 bridgehead atoms. The summed E-state index contributed by atoms with van der Waals surface area (Å²) in [6, 6.07) is 11.7. The van der Waals surface area contributed by atoms with E-state index >= 15 is 0 Å². The first-order valence-electron chi connectivity index (χ1n) is 7.49. The van der Waals surface area contributed by atoms with Crippen LogP contribution in [0.25, 0.3) is 0 Å². The van der Waals surface area contributed by atoms with Gasteiger partial charge in [-0.15, -0.1) is 0 Å². The molecule has 0 spiro atoms. The molecule has 0 fully saturated rings. The molecule has 0 aliphatic rings. The number of hydrogen-bond acceptors (Lipinski definition) is 4. The van der Waals surface area contributed by atoms with Gasteiger partial charge in [0.2, 0.25) is 0 Å². The molecule has 6 nitrogen and oxygen atoms in total. The minimum Gasteiger partial charge on any atom is -0.494 e. The molecular formula is C18H19NO5. The topological polar surface area (TPSA) is 84.9 Å². The molecule has 2 N–H and O–H groups in total. The highest BCUT2D eigenvalue weighted by molar-refractivity contribution is 5.93. The fourth-order valence-electron chi connectivity index (χ4n) is 2.15. The Bertz CT molecular complexity index is 725. The third-order valence-corrected chi connectivity index (χ3v) is 3.24. The van der Waals surface area contributed by atoms with Crippen molar-refractivity contribution in [1.82, 2.24) is 0 Å². The lowest BCUT2D eigenvalue weighted by Crippen LogP contribution is -2.21. The van der Waals surface area contributed by atoms with Gasteiger partial charge in [0.05, 0.1) is 6.61 Å². The number of anilines is 1. The summed E-state index contributed by atoms with van der Waals surface area (Å²) in [7, 11) is 0. The van der Waals surface area contributed by atoms with Crippen molar-refractivity contribution in [2.75, 3.05) is 18.5 Å². The van der Waals surface area contributed by atoms with Crippen molar-refractivity contribution in [3.63, 3.8) is 0 Å². The standard InChI is InChI=1S/C18H19NO5/c1-3-23-14-9-7-13(8-10-14)19-16(20)11-24-17-12(2)5-4-6-15(17)18(21)22/h4-10H,3,11H2,1-2H3,(H,19,20)(H,21,22). The Kier molecular flexibility index (Phi) is 5.78. The van der Waals surface area contributed by atoms with Crippen molar-refractivity contribution in [1.29, 1.82) is 0 Å². The number of rotatable bonds is 7. The number of ether oxygens (including phenoxy) is 2. The molecule has 126 valence electrons. The van der Waals surface area contributed by atoms with Crippen LogP contribution in [0.1, 0.15) is 22.8 Å². The lowest BCUT2D eigenvalue weighted by molar-refractivity contribution is -0.118. The number of benzene rings is 2. The van der Waals surface area contributed by atoms with Gasteiger partial charge in [0.15, 0.2) is 6.61 Å². The normalized spacial score (nSPS) is 10.1. The van der Waals surface area contributed by atoms with Gasteiger partial charge in [0.25, 0.3) is 5.91 Å². The van der Waals surface area contributed by atoms with Crippen molar-refractivity contribution in [3.8, 4) is 11.5 Å². The van der Waals surface area contributed by atoms with Crippen molar-refractivity contribution in [2.45, 2.75) is 13.8 Å². The minimum absolute atomic E-state index is 0.0314. The lowest BCUT2D eigenvalue weighted by Gasteiger charge is -2.12. The Morgan fingerprint density at radius 2 is 1.79 bits per heavy atom. The first kappa shape index (κ1) is 17.3. The number of carboxylic acids is 1. The van der Waals surface area contributed by atoms with Crippen LogP contribution >= 0.6 is 0 Å². The fourth-order valence-corrected chi connectivity index (χ4v) is 2.15. The predicted molar refractivity (Wildman–Crippen MR) is 89.9 cm³/mol. The van der Waals surface area contributed by atoms with Crippen LogP contribution in [0.3, 0.4) is 0 Å². The van der Waals surface area contributed by atoms with E-state index in [4.69, 9.17) is 14.6 Å². The van der Waals surface area contributed by atoms with Crippen LogP contribution in [0.4, 0.5) is 5.69 Å². The average Bonchev–Trinajstić information content (AvgIpc) is 2.55. The van der Waals surface area contributed by atoms with E-state index in [0.717, 1.165) is 5.75 Å². The third-order valence-electron chi connectivity index (χ3n) is 3.24. The molecule has 0 aromatic heterocycles. The first-order chi connectivity index (χ1) is 11.5. The molecule has 6 heteroatoms. The van der Waals surface area contributed by atoms with Gasteiger partial charge in [-0.25, -0.2) is 4.79 Å². The molecular weight excluding hydrogens is 310 g/mol. The molecule has 0 unspecified atom stereocenters. The monoisotopic (exact) mass is 329 g/mol. The number of aryl methyl sites for hydroxylation is 1. The minimum atomic E-state index is -1.10. The summed E-state index contributed by atoms with van der Waals surface area (Å²) in [6.45, 7) is 3.91. The van der Waals surface area contributed by atoms with Crippen molar-refractivity contribution >= 4 is 17.6 Å². The summed E-state index contributed by atoms with van der Waals surface area (Å²) < 4.78 is 10.7. The van der Waals surface area contributed by atoms with Crippen LogP contribution in [-0.2, 0) is 4.79 Å². The summed E-state index contributed by atoms with van der Waals surface area (Å²) >= 11 is 0. The Labute approximate surface area is 140 Å². The highest BCUT2D eigenvalue weighted by Gasteiger charge is 2.14. The molecule has 24 heavy (non-hydrogen) atoms. The second-order valence-electron chi connectivity index (χ2n) is 5.05. The van der Waals surface area contributed by atoms with Crippen LogP contribution in [0.5, 0.6) is 11.5 Å². The van der Waals surface area contributed by atoms with Crippen LogP contribution in [-0.4, -0.2) is 30.2 Å². The SMILES string of the molecule is CCOc1ccc(NC(=O)COc2c(C)cccc2C(=O)O)cc1.